The molecule has 8 heteroatoms. The maximum Gasteiger partial charge on any atom is 0.223 e. The van der Waals surface area contributed by atoms with Gasteiger partial charge in [-0.3, -0.25) is 0 Å². The van der Waals surface area contributed by atoms with Crippen molar-refractivity contribution in [1.29, 1.82) is 5.26 Å². The highest BCUT2D eigenvalue weighted by atomic mass is 32.1. The van der Waals surface area contributed by atoms with Crippen molar-refractivity contribution in [3.8, 4) is 6.07 Å². The van der Waals surface area contributed by atoms with Gasteiger partial charge in [0.2, 0.25) is 5.89 Å². The van der Waals surface area contributed by atoms with Crippen molar-refractivity contribution < 1.29 is 4.52 Å². The molecule has 2 aromatic heterocycles. The average Bonchev–Trinajstić information content (AvgIpc) is 2.86. The zero-order valence-corrected chi connectivity index (χ0v) is 9.91. The monoisotopic (exact) mass is 250 g/mol. The highest BCUT2D eigenvalue weighted by Gasteiger charge is 2.10. The number of nitriles is 1. The molecule has 0 aliphatic carbocycles. The van der Waals surface area contributed by atoms with Gasteiger partial charge >= 0.3 is 0 Å². The van der Waals surface area contributed by atoms with E-state index in [0.717, 1.165) is 0 Å². The Labute approximate surface area is 101 Å². The largest absolute Gasteiger partial charge is 0.382 e. The van der Waals surface area contributed by atoms with Gasteiger partial charge in [0, 0.05) is 19.9 Å². The number of nitrogens with zero attached hydrogens (tertiary/aromatic N) is 4. The third-order valence-corrected chi connectivity index (χ3v) is 2.85. The zero-order valence-electron chi connectivity index (χ0n) is 9.10. The highest BCUT2D eigenvalue weighted by molar-refractivity contribution is 7.10. The molecule has 0 bridgehead atoms. The number of hydrogen-bond donors (Lipinski definition) is 2. The quantitative estimate of drug-likeness (QED) is 0.829. The van der Waals surface area contributed by atoms with Crippen LogP contribution in [0.25, 0.3) is 0 Å². The molecule has 2 heterocycles. The molecule has 0 unspecified atom stereocenters. The van der Waals surface area contributed by atoms with Crippen LogP contribution < -0.4 is 11.1 Å². The topological polar surface area (TPSA) is 114 Å². The molecule has 88 valence electrons. The molecule has 0 atom stereocenters. The second kappa shape index (κ2) is 4.80. The fraction of sp³-hybridized carbons (Fsp3) is 0.333. The van der Waals surface area contributed by atoms with E-state index in [9.17, 15) is 0 Å². The smallest absolute Gasteiger partial charge is 0.223 e. The molecule has 0 saturated carbocycles. The summed E-state index contributed by atoms with van der Waals surface area (Å²) in [5, 5.41) is 16.4. The van der Waals surface area contributed by atoms with Crippen molar-refractivity contribution in [2.24, 2.45) is 0 Å². The van der Waals surface area contributed by atoms with Gasteiger partial charge in [0.25, 0.3) is 0 Å². The van der Waals surface area contributed by atoms with Crippen molar-refractivity contribution >= 4 is 22.4 Å². The van der Waals surface area contributed by atoms with Crippen LogP contribution in [0, 0.1) is 18.3 Å². The van der Waals surface area contributed by atoms with Crippen LogP contribution in [0.2, 0.25) is 0 Å². The van der Waals surface area contributed by atoms with Crippen molar-refractivity contribution in [2.75, 3.05) is 17.6 Å². The van der Waals surface area contributed by atoms with E-state index in [0.29, 0.717) is 35.2 Å². The Morgan fingerprint density at radius 2 is 2.41 bits per heavy atom. The second-order valence-corrected chi connectivity index (χ2v) is 4.06. The van der Waals surface area contributed by atoms with E-state index < -0.39 is 0 Å². The van der Waals surface area contributed by atoms with Crippen molar-refractivity contribution in [1.82, 2.24) is 14.5 Å². The van der Waals surface area contributed by atoms with Gasteiger partial charge < -0.3 is 15.6 Å². The summed E-state index contributed by atoms with van der Waals surface area (Å²) in [5.41, 5.74) is 5.92. The van der Waals surface area contributed by atoms with E-state index in [1.165, 1.54) is 11.5 Å². The maximum atomic E-state index is 8.86. The lowest BCUT2D eigenvalue weighted by Crippen LogP contribution is -2.06. The Kier molecular flexibility index (Phi) is 3.20. The van der Waals surface area contributed by atoms with Gasteiger partial charge in [-0.25, -0.2) is 0 Å². The SMILES string of the molecule is Cc1nc(CCNc2snc(N)c2C#N)no1. The third-order valence-electron chi connectivity index (χ3n) is 2.03. The molecule has 0 aromatic carbocycles. The fourth-order valence-corrected chi connectivity index (χ4v) is 1.95. The van der Waals surface area contributed by atoms with Gasteiger partial charge in [-0.15, -0.1) is 0 Å². The van der Waals surface area contributed by atoms with Gasteiger partial charge in [-0.05, 0) is 11.5 Å². The summed E-state index contributed by atoms with van der Waals surface area (Å²) in [7, 11) is 0. The summed E-state index contributed by atoms with van der Waals surface area (Å²) >= 11 is 1.17. The number of aromatic nitrogens is 3. The first-order valence-electron chi connectivity index (χ1n) is 4.89. The average molecular weight is 250 g/mol. The lowest BCUT2D eigenvalue weighted by molar-refractivity contribution is 0.387. The van der Waals surface area contributed by atoms with E-state index in [2.05, 4.69) is 19.8 Å². The van der Waals surface area contributed by atoms with Gasteiger partial charge in [0.15, 0.2) is 11.6 Å². The third kappa shape index (κ3) is 2.51. The first kappa shape index (κ1) is 11.3. The summed E-state index contributed by atoms with van der Waals surface area (Å²) < 4.78 is 8.75. The summed E-state index contributed by atoms with van der Waals surface area (Å²) in [6.45, 7) is 2.33. The molecule has 0 aliphatic rings. The predicted octanol–water partition coefficient (Wildman–Crippen LogP) is 0.943. The number of hydrogen-bond acceptors (Lipinski definition) is 8. The van der Waals surface area contributed by atoms with Crippen molar-refractivity contribution in [3.05, 3.63) is 17.3 Å². The van der Waals surface area contributed by atoms with E-state index in [1.54, 1.807) is 6.92 Å². The summed E-state index contributed by atoms with van der Waals surface area (Å²) in [6, 6.07) is 2.01. The van der Waals surface area contributed by atoms with E-state index in [4.69, 9.17) is 15.5 Å². The predicted molar refractivity (Wildman–Crippen MR) is 62.5 cm³/mol. The zero-order chi connectivity index (χ0) is 12.3. The van der Waals surface area contributed by atoms with Crippen LogP contribution in [-0.4, -0.2) is 21.1 Å². The molecule has 0 saturated heterocycles. The van der Waals surface area contributed by atoms with Gasteiger partial charge in [-0.2, -0.15) is 14.6 Å². The molecule has 0 aliphatic heterocycles. The fourth-order valence-electron chi connectivity index (χ4n) is 1.26. The summed E-state index contributed by atoms with van der Waals surface area (Å²) in [5.74, 6) is 1.43. The van der Waals surface area contributed by atoms with Gasteiger partial charge in [0.1, 0.15) is 16.6 Å². The molecular formula is C9H10N6OS. The summed E-state index contributed by atoms with van der Waals surface area (Å²) in [4.78, 5) is 4.07. The molecule has 2 aromatic rings. The van der Waals surface area contributed by atoms with Gasteiger partial charge in [0.05, 0.1) is 0 Å². The van der Waals surface area contributed by atoms with E-state index >= 15 is 0 Å². The highest BCUT2D eigenvalue weighted by Crippen LogP contribution is 2.25. The molecule has 0 radical (unpaired) electrons. The van der Waals surface area contributed by atoms with Crippen LogP contribution in [0.15, 0.2) is 4.52 Å². The molecule has 0 fully saturated rings. The Bertz CT molecular complexity index is 554. The molecule has 0 amide bonds. The Morgan fingerprint density at radius 1 is 1.59 bits per heavy atom. The van der Waals surface area contributed by atoms with Crippen molar-refractivity contribution in [3.63, 3.8) is 0 Å². The minimum Gasteiger partial charge on any atom is -0.382 e. The van der Waals surface area contributed by atoms with Crippen LogP contribution in [0.4, 0.5) is 10.8 Å². The second-order valence-electron chi connectivity index (χ2n) is 3.29. The molecule has 17 heavy (non-hydrogen) atoms. The number of aryl methyl sites for hydroxylation is 1. The van der Waals surface area contributed by atoms with Crippen molar-refractivity contribution in [2.45, 2.75) is 13.3 Å². The molecule has 7 nitrogen and oxygen atoms in total. The molecule has 3 N–H and O–H groups in total. The molecule has 0 spiro atoms. The summed E-state index contributed by atoms with van der Waals surface area (Å²) in [6.07, 6.45) is 0.611. The normalized spacial score (nSPS) is 10.1. The number of anilines is 2. The van der Waals surface area contributed by atoms with E-state index in [-0.39, 0.29) is 5.82 Å². The Hall–Kier alpha value is -2.14. The molecular weight excluding hydrogens is 240 g/mol. The number of rotatable bonds is 4. The standard InChI is InChI=1S/C9H10N6OS/c1-5-13-7(14-16-5)2-3-12-9-6(4-10)8(11)15-17-9/h12H,2-3H2,1H3,(H2,11,15). The van der Waals surface area contributed by atoms with Crippen LogP contribution >= 0.6 is 11.5 Å². The minimum atomic E-state index is 0.260. The lowest BCUT2D eigenvalue weighted by Gasteiger charge is -2.00. The number of nitrogens with one attached hydrogen (secondary N) is 1. The van der Waals surface area contributed by atoms with E-state index in [1.807, 2.05) is 6.07 Å². The first-order valence-corrected chi connectivity index (χ1v) is 5.66. The lowest BCUT2D eigenvalue weighted by atomic mass is 10.3. The van der Waals surface area contributed by atoms with Crippen LogP contribution in [0.1, 0.15) is 17.3 Å². The number of nitrogens with two attached hydrogens (primary N) is 1. The molecule has 2 rings (SSSR count). The van der Waals surface area contributed by atoms with Crippen LogP contribution in [-0.2, 0) is 6.42 Å². The Morgan fingerprint density at radius 3 is 3.06 bits per heavy atom. The Balaban J connectivity index is 1.92. The number of nitrogen functional groups attached to an aromatic ring is 1. The first-order chi connectivity index (χ1) is 8.20. The van der Waals surface area contributed by atoms with Gasteiger partial charge in [-0.1, -0.05) is 5.16 Å². The van der Waals surface area contributed by atoms with Crippen LogP contribution in [0.5, 0.6) is 0 Å². The van der Waals surface area contributed by atoms with Crippen LogP contribution in [0.3, 0.4) is 0 Å². The minimum absolute atomic E-state index is 0.260. The maximum absolute atomic E-state index is 8.86.